The number of hydrogen-bond donors (Lipinski definition) is 1. The van der Waals surface area contributed by atoms with Gasteiger partial charge in [0, 0.05) is 32.1 Å². The van der Waals surface area contributed by atoms with Gasteiger partial charge in [-0.15, -0.1) is 0 Å². The van der Waals surface area contributed by atoms with Crippen molar-refractivity contribution in [2.24, 2.45) is 0 Å². The highest BCUT2D eigenvalue weighted by molar-refractivity contribution is 5.92. The summed E-state index contributed by atoms with van der Waals surface area (Å²) >= 11 is 0. The lowest BCUT2D eigenvalue weighted by Gasteiger charge is -2.22. The average Bonchev–Trinajstić information content (AvgIpc) is 2.68. The first kappa shape index (κ1) is 21.3. The van der Waals surface area contributed by atoms with E-state index in [4.69, 9.17) is 9.47 Å². The molecule has 0 atom stereocenters. The van der Waals surface area contributed by atoms with Gasteiger partial charge in [0.2, 0.25) is 11.8 Å². The Hall–Kier alpha value is -3.02. The van der Waals surface area contributed by atoms with Crippen LogP contribution in [0.4, 0.5) is 5.69 Å². The maximum Gasteiger partial charge on any atom is 0.223 e. The van der Waals surface area contributed by atoms with Crippen molar-refractivity contribution < 1.29 is 19.1 Å². The SMILES string of the molecule is COc1ccc(CNC(=O)CCN(C(C)=O)c2ccc(C)c(C)c2)cc1OC. The van der Waals surface area contributed by atoms with Gasteiger partial charge in [-0.2, -0.15) is 0 Å². The molecule has 0 bridgehead atoms. The fourth-order valence-corrected chi connectivity index (χ4v) is 2.85. The first-order chi connectivity index (χ1) is 13.3. The minimum absolute atomic E-state index is 0.0871. The zero-order valence-corrected chi connectivity index (χ0v) is 17.2. The molecule has 6 nitrogen and oxygen atoms in total. The molecule has 28 heavy (non-hydrogen) atoms. The van der Waals surface area contributed by atoms with Gasteiger partial charge in [-0.25, -0.2) is 0 Å². The minimum atomic E-state index is -0.120. The van der Waals surface area contributed by atoms with E-state index in [1.165, 1.54) is 12.5 Å². The maximum atomic E-state index is 12.3. The van der Waals surface area contributed by atoms with E-state index in [2.05, 4.69) is 5.32 Å². The molecule has 0 aromatic heterocycles. The Balaban J connectivity index is 1.94. The molecule has 2 aromatic carbocycles. The van der Waals surface area contributed by atoms with Crippen LogP contribution in [0.2, 0.25) is 0 Å². The fourth-order valence-electron chi connectivity index (χ4n) is 2.85. The highest BCUT2D eigenvalue weighted by Crippen LogP contribution is 2.27. The summed E-state index contributed by atoms with van der Waals surface area (Å²) in [6.45, 7) is 6.25. The smallest absolute Gasteiger partial charge is 0.223 e. The monoisotopic (exact) mass is 384 g/mol. The largest absolute Gasteiger partial charge is 0.493 e. The summed E-state index contributed by atoms with van der Waals surface area (Å²) in [5.41, 5.74) is 3.99. The normalized spacial score (nSPS) is 10.3. The van der Waals surface area contributed by atoms with Gasteiger partial charge in [-0.1, -0.05) is 12.1 Å². The second-order valence-electron chi connectivity index (χ2n) is 6.66. The molecule has 2 amide bonds. The van der Waals surface area contributed by atoms with E-state index in [0.29, 0.717) is 24.6 Å². The van der Waals surface area contributed by atoms with Crippen LogP contribution >= 0.6 is 0 Å². The molecule has 0 radical (unpaired) electrons. The van der Waals surface area contributed by atoms with Crippen molar-refractivity contribution in [1.82, 2.24) is 5.32 Å². The third-order valence-corrected chi connectivity index (χ3v) is 4.68. The Morgan fingerprint density at radius 1 is 0.964 bits per heavy atom. The Labute approximate surface area is 166 Å². The third-order valence-electron chi connectivity index (χ3n) is 4.68. The third kappa shape index (κ3) is 5.49. The Morgan fingerprint density at radius 3 is 2.29 bits per heavy atom. The highest BCUT2D eigenvalue weighted by atomic mass is 16.5. The Morgan fingerprint density at radius 2 is 1.68 bits per heavy atom. The number of carbonyl (C=O) groups is 2. The van der Waals surface area contributed by atoms with Crippen LogP contribution in [-0.4, -0.2) is 32.6 Å². The van der Waals surface area contributed by atoms with Crippen LogP contribution in [0.3, 0.4) is 0 Å². The number of aryl methyl sites for hydroxylation is 2. The van der Waals surface area contributed by atoms with Crippen LogP contribution in [0.15, 0.2) is 36.4 Å². The molecule has 0 spiro atoms. The summed E-state index contributed by atoms with van der Waals surface area (Å²) in [6, 6.07) is 11.4. The average molecular weight is 384 g/mol. The van der Waals surface area contributed by atoms with Gasteiger partial charge in [-0.3, -0.25) is 9.59 Å². The van der Waals surface area contributed by atoms with Crippen molar-refractivity contribution in [2.75, 3.05) is 25.7 Å². The lowest BCUT2D eigenvalue weighted by molar-refractivity contribution is -0.121. The molecular formula is C22H28N2O4. The molecule has 0 unspecified atom stereocenters. The second kappa shape index (κ2) is 9.78. The van der Waals surface area contributed by atoms with Crippen LogP contribution in [0.5, 0.6) is 11.5 Å². The number of carbonyl (C=O) groups excluding carboxylic acids is 2. The summed E-state index contributed by atoms with van der Waals surface area (Å²) in [7, 11) is 3.15. The van der Waals surface area contributed by atoms with Crippen molar-refractivity contribution in [2.45, 2.75) is 33.7 Å². The quantitative estimate of drug-likeness (QED) is 0.758. The molecule has 0 saturated heterocycles. The molecule has 0 aliphatic carbocycles. The number of methoxy groups -OCH3 is 2. The predicted octanol–water partition coefficient (Wildman–Crippen LogP) is 3.38. The zero-order valence-electron chi connectivity index (χ0n) is 17.2. The Kier molecular flexibility index (Phi) is 7.44. The first-order valence-corrected chi connectivity index (χ1v) is 9.18. The molecule has 0 aliphatic heterocycles. The van der Waals surface area contributed by atoms with Crippen LogP contribution in [0.1, 0.15) is 30.0 Å². The predicted molar refractivity (Wildman–Crippen MR) is 110 cm³/mol. The summed E-state index contributed by atoms with van der Waals surface area (Å²) < 4.78 is 10.5. The number of benzene rings is 2. The molecule has 1 N–H and O–H groups in total. The van der Waals surface area contributed by atoms with Crippen molar-refractivity contribution in [1.29, 1.82) is 0 Å². The zero-order chi connectivity index (χ0) is 20.7. The lowest BCUT2D eigenvalue weighted by Crippen LogP contribution is -2.33. The van der Waals surface area contributed by atoms with E-state index in [-0.39, 0.29) is 18.2 Å². The van der Waals surface area contributed by atoms with Crippen LogP contribution in [-0.2, 0) is 16.1 Å². The summed E-state index contributed by atoms with van der Waals surface area (Å²) in [4.78, 5) is 25.9. The van der Waals surface area contributed by atoms with Gasteiger partial charge >= 0.3 is 0 Å². The minimum Gasteiger partial charge on any atom is -0.493 e. The maximum absolute atomic E-state index is 12.3. The Bertz CT molecular complexity index is 848. The van der Waals surface area contributed by atoms with E-state index in [0.717, 1.165) is 16.8 Å². The number of anilines is 1. The summed E-state index contributed by atoms with van der Waals surface area (Å²) in [5.74, 6) is 1.05. The highest BCUT2D eigenvalue weighted by Gasteiger charge is 2.14. The second-order valence-corrected chi connectivity index (χ2v) is 6.66. The van der Waals surface area contributed by atoms with Crippen LogP contribution in [0.25, 0.3) is 0 Å². The number of nitrogens with one attached hydrogen (secondary N) is 1. The number of ether oxygens (including phenoxy) is 2. The van der Waals surface area contributed by atoms with E-state index < -0.39 is 0 Å². The van der Waals surface area contributed by atoms with Crippen LogP contribution < -0.4 is 19.7 Å². The number of amides is 2. The summed E-state index contributed by atoms with van der Waals surface area (Å²) in [6.07, 6.45) is 0.222. The molecular weight excluding hydrogens is 356 g/mol. The molecule has 2 aromatic rings. The van der Waals surface area contributed by atoms with Crippen molar-refractivity contribution in [3.05, 3.63) is 53.1 Å². The van der Waals surface area contributed by atoms with E-state index in [1.54, 1.807) is 25.2 Å². The van der Waals surface area contributed by atoms with Gasteiger partial charge in [-0.05, 0) is 54.8 Å². The van der Waals surface area contributed by atoms with Crippen molar-refractivity contribution in [3.8, 4) is 11.5 Å². The molecule has 150 valence electrons. The standard InChI is InChI=1S/C22H28N2O4/c1-15-6-8-19(12-16(15)2)24(17(3)25)11-10-22(26)23-14-18-7-9-20(27-4)21(13-18)28-5/h6-9,12-13H,10-11,14H2,1-5H3,(H,23,26). The topological polar surface area (TPSA) is 67.9 Å². The van der Waals surface area contributed by atoms with Gasteiger partial charge in [0.1, 0.15) is 0 Å². The first-order valence-electron chi connectivity index (χ1n) is 9.18. The van der Waals surface area contributed by atoms with E-state index in [9.17, 15) is 9.59 Å². The molecule has 0 heterocycles. The number of rotatable bonds is 8. The van der Waals surface area contributed by atoms with E-state index >= 15 is 0 Å². The van der Waals surface area contributed by atoms with Crippen LogP contribution in [0, 0.1) is 13.8 Å². The summed E-state index contributed by atoms with van der Waals surface area (Å²) in [5, 5.41) is 2.88. The van der Waals surface area contributed by atoms with E-state index in [1.807, 2.05) is 44.2 Å². The number of hydrogen-bond acceptors (Lipinski definition) is 4. The van der Waals surface area contributed by atoms with Gasteiger partial charge in [0.05, 0.1) is 14.2 Å². The van der Waals surface area contributed by atoms with Gasteiger partial charge in [0.15, 0.2) is 11.5 Å². The fraction of sp³-hybridized carbons (Fsp3) is 0.364. The molecule has 0 saturated carbocycles. The molecule has 6 heteroatoms. The van der Waals surface area contributed by atoms with Crippen molar-refractivity contribution >= 4 is 17.5 Å². The molecule has 0 aliphatic rings. The molecule has 2 rings (SSSR count). The van der Waals surface area contributed by atoms with Crippen molar-refractivity contribution in [3.63, 3.8) is 0 Å². The number of nitrogens with zero attached hydrogens (tertiary/aromatic N) is 1. The lowest BCUT2D eigenvalue weighted by atomic mass is 10.1. The molecule has 0 fully saturated rings. The van der Waals surface area contributed by atoms with Gasteiger partial charge < -0.3 is 19.7 Å². The van der Waals surface area contributed by atoms with Gasteiger partial charge in [0.25, 0.3) is 0 Å².